The number of anilines is 1. The molecule has 0 spiro atoms. The number of carbonyl (C=O) groups is 2. The molecule has 120 valence electrons. The van der Waals surface area contributed by atoms with Crippen molar-refractivity contribution in [2.45, 2.75) is 33.3 Å². The zero-order chi connectivity index (χ0) is 17.2. The van der Waals surface area contributed by atoms with E-state index >= 15 is 0 Å². The van der Waals surface area contributed by atoms with Gasteiger partial charge in [-0.1, -0.05) is 36.9 Å². The van der Waals surface area contributed by atoms with Crippen molar-refractivity contribution in [1.29, 1.82) is 0 Å². The Hall–Kier alpha value is -2.62. The molecule has 0 unspecified atom stereocenters. The molecule has 2 rings (SSSR count). The second-order valence-electron chi connectivity index (χ2n) is 6.43. The second kappa shape index (κ2) is 6.24. The molecule has 0 N–H and O–H groups in total. The van der Waals surface area contributed by atoms with Crippen LogP contribution in [-0.4, -0.2) is 17.6 Å². The molecular weight excluding hydrogens is 290 g/mol. The van der Waals surface area contributed by atoms with Gasteiger partial charge in [0.05, 0.1) is 5.69 Å². The molecule has 0 fully saturated rings. The van der Waals surface area contributed by atoms with Crippen LogP contribution in [0.4, 0.5) is 10.5 Å². The lowest BCUT2D eigenvalue weighted by Crippen LogP contribution is -2.41. The molecule has 0 aromatic heterocycles. The Kier molecular flexibility index (Phi) is 4.55. The summed E-state index contributed by atoms with van der Waals surface area (Å²) in [6.45, 7) is 10.5. The van der Waals surface area contributed by atoms with Gasteiger partial charge in [-0.15, -0.1) is 0 Å². The molecule has 2 amide bonds. The molecule has 4 heteroatoms. The highest BCUT2D eigenvalue weighted by atomic mass is 16.6. The Bertz CT molecular complexity index is 772. The predicted octanol–water partition coefficient (Wildman–Crippen LogP) is 4.68. The van der Waals surface area contributed by atoms with Crippen molar-refractivity contribution in [1.82, 2.24) is 0 Å². The van der Waals surface area contributed by atoms with Crippen LogP contribution >= 0.6 is 0 Å². The summed E-state index contributed by atoms with van der Waals surface area (Å²) in [5.74, 6) is -0.477. The highest BCUT2D eigenvalue weighted by Gasteiger charge is 2.29. The Labute approximate surface area is 136 Å². The van der Waals surface area contributed by atoms with E-state index in [0.29, 0.717) is 5.69 Å². The zero-order valence-corrected chi connectivity index (χ0v) is 13.9. The van der Waals surface area contributed by atoms with E-state index in [4.69, 9.17) is 4.74 Å². The number of rotatable bonds is 2. The summed E-state index contributed by atoms with van der Waals surface area (Å²) < 4.78 is 5.36. The maximum Gasteiger partial charge on any atom is 0.422 e. The van der Waals surface area contributed by atoms with E-state index in [1.807, 2.05) is 30.3 Å². The molecule has 0 aliphatic carbocycles. The number of nitrogens with zero attached hydrogens (tertiary/aromatic N) is 1. The fraction of sp³-hybridized carbons (Fsp3) is 0.263. The second-order valence-corrected chi connectivity index (χ2v) is 6.43. The summed E-state index contributed by atoms with van der Waals surface area (Å²) in [4.78, 5) is 25.9. The van der Waals surface area contributed by atoms with Gasteiger partial charge >= 0.3 is 6.09 Å². The Morgan fingerprint density at radius 2 is 1.65 bits per heavy atom. The fourth-order valence-electron chi connectivity index (χ4n) is 2.12. The van der Waals surface area contributed by atoms with Gasteiger partial charge in [0.15, 0.2) is 0 Å². The topological polar surface area (TPSA) is 46.6 Å². The number of hydrogen-bond donors (Lipinski definition) is 0. The Balaban J connectivity index is 2.48. The van der Waals surface area contributed by atoms with Gasteiger partial charge in [-0.05, 0) is 50.6 Å². The van der Waals surface area contributed by atoms with Crippen LogP contribution in [0.2, 0.25) is 0 Å². The normalized spacial score (nSPS) is 11.1. The molecule has 0 saturated heterocycles. The van der Waals surface area contributed by atoms with Crippen LogP contribution < -0.4 is 4.90 Å². The first-order valence-electron chi connectivity index (χ1n) is 7.41. The molecule has 2 aromatic carbocycles. The summed E-state index contributed by atoms with van der Waals surface area (Å²) in [7, 11) is 0. The third-order valence-corrected chi connectivity index (χ3v) is 3.14. The fourth-order valence-corrected chi connectivity index (χ4v) is 2.12. The number of carbonyl (C=O) groups excluding carboxylic acids is 2. The lowest BCUT2D eigenvalue weighted by Gasteiger charge is -2.26. The minimum absolute atomic E-state index is 0.268. The van der Waals surface area contributed by atoms with E-state index in [-0.39, 0.29) is 5.57 Å². The number of hydrogen-bond acceptors (Lipinski definition) is 3. The zero-order valence-electron chi connectivity index (χ0n) is 13.9. The van der Waals surface area contributed by atoms with Crippen LogP contribution in [0.15, 0.2) is 54.6 Å². The molecule has 0 radical (unpaired) electrons. The van der Waals surface area contributed by atoms with E-state index in [0.717, 1.165) is 15.7 Å². The molecule has 2 aromatic rings. The minimum atomic E-state index is -0.708. The van der Waals surface area contributed by atoms with Gasteiger partial charge in [0.25, 0.3) is 5.91 Å². The van der Waals surface area contributed by atoms with Crippen molar-refractivity contribution in [3.8, 4) is 0 Å². The molecule has 0 aliphatic heterocycles. The number of benzene rings is 2. The highest BCUT2D eigenvalue weighted by Crippen LogP contribution is 2.25. The quantitative estimate of drug-likeness (QED) is 0.756. The van der Waals surface area contributed by atoms with Gasteiger partial charge in [0.1, 0.15) is 5.60 Å². The maximum atomic E-state index is 12.5. The summed E-state index contributed by atoms with van der Waals surface area (Å²) >= 11 is 0. The number of fused-ring (bicyclic) bond motifs is 1. The summed E-state index contributed by atoms with van der Waals surface area (Å²) in [6, 6.07) is 13.1. The van der Waals surface area contributed by atoms with Gasteiger partial charge < -0.3 is 4.74 Å². The van der Waals surface area contributed by atoms with Crippen molar-refractivity contribution in [2.75, 3.05) is 4.90 Å². The number of amides is 2. The highest BCUT2D eigenvalue weighted by molar-refractivity contribution is 6.19. The van der Waals surface area contributed by atoms with E-state index in [1.165, 1.54) is 0 Å². The van der Waals surface area contributed by atoms with Crippen LogP contribution in [0.5, 0.6) is 0 Å². The van der Waals surface area contributed by atoms with Gasteiger partial charge in [-0.2, -0.15) is 0 Å². The third-order valence-electron chi connectivity index (χ3n) is 3.14. The minimum Gasteiger partial charge on any atom is -0.443 e. The van der Waals surface area contributed by atoms with Gasteiger partial charge in [0.2, 0.25) is 0 Å². The first-order chi connectivity index (χ1) is 10.7. The number of ether oxygens (including phenoxy) is 1. The molecule has 0 heterocycles. The van der Waals surface area contributed by atoms with Crippen LogP contribution in [0, 0.1) is 0 Å². The van der Waals surface area contributed by atoms with Crippen LogP contribution in [0.1, 0.15) is 27.7 Å². The van der Waals surface area contributed by atoms with Crippen LogP contribution in [-0.2, 0) is 9.53 Å². The predicted molar refractivity (Wildman–Crippen MR) is 92.5 cm³/mol. The van der Waals surface area contributed by atoms with Gasteiger partial charge in [-0.25, -0.2) is 9.69 Å². The largest absolute Gasteiger partial charge is 0.443 e. The van der Waals surface area contributed by atoms with Gasteiger partial charge in [-0.3, -0.25) is 4.79 Å². The van der Waals surface area contributed by atoms with Crippen molar-refractivity contribution >= 4 is 28.5 Å². The molecule has 23 heavy (non-hydrogen) atoms. The van der Waals surface area contributed by atoms with Crippen molar-refractivity contribution < 1.29 is 14.3 Å². The molecular formula is C19H21NO3. The van der Waals surface area contributed by atoms with Crippen LogP contribution in [0.3, 0.4) is 0 Å². The van der Waals surface area contributed by atoms with Crippen LogP contribution in [0.25, 0.3) is 10.8 Å². The van der Waals surface area contributed by atoms with Gasteiger partial charge in [0, 0.05) is 5.57 Å². The smallest absolute Gasteiger partial charge is 0.422 e. The lowest BCUT2D eigenvalue weighted by atomic mass is 10.1. The third kappa shape index (κ3) is 3.97. The molecule has 0 atom stereocenters. The lowest BCUT2D eigenvalue weighted by molar-refractivity contribution is -0.114. The van der Waals surface area contributed by atoms with Crippen molar-refractivity contribution in [3.05, 3.63) is 54.6 Å². The standard InChI is InChI=1S/C19H21NO3/c1-13(2)17(21)20(18(22)23-19(3,4)5)16-11-10-14-8-6-7-9-15(14)12-16/h6-12H,1H2,2-5H3. The molecule has 4 nitrogen and oxygen atoms in total. The Morgan fingerprint density at radius 1 is 1.04 bits per heavy atom. The van der Waals surface area contributed by atoms with E-state index in [1.54, 1.807) is 39.8 Å². The maximum absolute atomic E-state index is 12.5. The summed E-state index contributed by atoms with van der Waals surface area (Å²) in [5, 5.41) is 1.97. The molecule has 0 bridgehead atoms. The monoisotopic (exact) mass is 311 g/mol. The number of imide groups is 1. The molecule has 0 saturated carbocycles. The average Bonchev–Trinajstić information content (AvgIpc) is 2.45. The van der Waals surface area contributed by atoms with E-state index in [9.17, 15) is 9.59 Å². The summed E-state index contributed by atoms with van der Waals surface area (Å²) in [6.07, 6.45) is -0.708. The first-order valence-corrected chi connectivity index (χ1v) is 7.41. The van der Waals surface area contributed by atoms with Crippen molar-refractivity contribution in [2.24, 2.45) is 0 Å². The molecule has 0 aliphatic rings. The summed E-state index contributed by atoms with van der Waals surface area (Å²) in [5.41, 5.74) is 0.0385. The first kappa shape index (κ1) is 16.7. The SMILES string of the molecule is C=C(C)C(=O)N(C(=O)OC(C)(C)C)c1ccc2ccccc2c1. The van der Waals surface area contributed by atoms with E-state index in [2.05, 4.69) is 6.58 Å². The Morgan fingerprint density at radius 3 is 2.22 bits per heavy atom. The average molecular weight is 311 g/mol. The van der Waals surface area contributed by atoms with E-state index < -0.39 is 17.6 Å². The van der Waals surface area contributed by atoms with Crippen molar-refractivity contribution in [3.63, 3.8) is 0 Å².